The number of nitrogens with one attached hydrogen (secondary N) is 1. The third-order valence-corrected chi connectivity index (χ3v) is 3.46. The summed E-state index contributed by atoms with van der Waals surface area (Å²) in [7, 11) is 2.58. The maximum atomic E-state index is 12.0. The smallest absolute Gasteiger partial charge is 0.333 e. The van der Waals surface area contributed by atoms with Crippen LogP contribution < -0.4 is 16.0 Å². The van der Waals surface area contributed by atoms with Crippen molar-refractivity contribution in [2.75, 3.05) is 6.61 Å². The van der Waals surface area contributed by atoms with Gasteiger partial charge in [0.25, 0.3) is 5.56 Å². The van der Waals surface area contributed by atoms with Gasteiger partial charge in [-0.15, -0.1) is 0 Å². The fraction of sp³-hybridized carbons (Fsp3) is 0.214. The fourth-order valence-electron chi connectivity index (χ4n) is 1.88. The number of benzene rings is 1. The van der Waals surface area contributed by atoms with Crippen LogP contribution in [0.2, 0.25) is 5.02 Å². The van der Waals surface area contributed by atoms with E-state index >= 15 is 0 Å². The molecule has 0 bridgehead atoms. The lowest BCUT2D eigenvalue weighted by molar-refractivity contribution is 0.373. The van der Waals surface area contributed by atoms with Gasteiger partial charge in [0.15, 0.2) is 0 Å². The molecule has 1 aromatic heterocycles. The summed E-state index contributed by atoms with van der Waals surface area (Å²) < 4.78 is 7.08. The molecule has 0 amide bonds. The van der Waals surface area contributed by atoms with Gasteiger partial charge in [-0.05, 0) is 12.1 Å². The summed E-state index contributed by atoms with van der Waals surface area (Å²) in [6.45, 7) is -0.273. The molecule has 1 aromatic carbocycles. The van der Waals surface area contributed by atoms with Crippen LogP contribution in [0.4, 0.5) is 0 Å². The zero-order chi connectivity index (χ0) is 16.4. The van der Waals surface area contributed by atoms with Crippen LogP contribution in [-0.4, -0.2) is 26.6 Å². The third kappa shape index (κ3) is 2.75. The second-order valence-corrected chi connectivity index (χ2v) is 5.01. The minimum atomic E-state index is -0.756. The topological polar surface area (TPSA) is 97.3 Å². The number of rotatable bonds is 4. The van der Waals surface area contributed by atoms with Crippen molar-refractivity contribution in [2.45, 2.75) is 0 Å². The van der Waals surface area contributed by atoms with E-state index in [2.05, 4.69) is 0 Å². The molecule has 0 atom stereocenters. The molecule has 0 aliphatic carbocycles. The van der Waals surface area contributed by atoms with Gasteiger partial charge < -0.3 is 15.3 Å². The highest BCUT2D eigenvalue weighted by atomic mass is 35.5. The van der Waals surface area contributed by atoms with Crippen molar-refractivity contribution < 1.29 is 9.84 Å². The molecule has 0 spiro atoms. The lowest BCUT2D eigenvalue weighted by Crippen LogP contribution is -2.40. The standard InChI is InChI=1S/C14H14ClN3O4/c1-17-12(19)11(13(20)18(2)14(17)21)9(16)7-22-10-6-4-3-5-8(10)15/h3-6,16,19H,7H2,1-2H3. The number of hydrogen-bond acceptors (Lipinski definition) is 5. The monoisotopic (exact) mass is 323 g/mol. The Balaban J connectivity index is 2.34. The Morgan fingerprint density at radius 3 is 2.55 bits per heavy atom. The van der Waals surface area contributed by atoms with Crippen LogP contribution in [0.5, 0.6) is 11.6 Å². The van der Waals surface area contributed by atoms with Crippen molar-refractivity contribution >= 4 is 17.3 Å². The summed E-state index contributed by atoms with van der Waals surface area (Å²) in [4.78, 5) is 23.7. The molecule has 0 unspecified atom stereocenters. The molecule has 0 saturated heterocycles. The first kappa shape index (κ1) is 15.8. The molecule has 2 aromatic rings. The Bertz CT molecular complexity index is 854. The lowest BCUT2D eigenvalue weighted by Gasteiger charge is -2.12. The molecule has 0 saturated carbocycles. The number of aromatic nitrogens is 2. The first-order valence-electron chi connectivity index (χ1n) is 6.28. The maximum Gasteiger partial charge on any atom is 0.333 e. The van der Waals surface area contributed by atoms with Crippen LogP contribution in [0, 0.1) is 5.41 Å². The minimum Gasteiger partial charge on any atom is -0.494 e. The molecule has 0 radical (unpaired) electrons. The quantitative estimate of drug-likeness (QED) is 0.816. The molecule has 116 valence electrons. The van der Waals surface area contributed by atoms with Crippen molar-refractivity contribution in [1.29, 1.82) is 5.41 Å². The number of ether oxygens (including phenoxy) is 1. The Morgan fingerprint density at radius 2 is 1.91 bits per heavy atom. The molecular formula is C14H14ClN3O4. The van der Waals surface area contributed by atoms with Crippen molar-refractivity contribution in [1.82, 2.24) is 9.13 Å². The van der Waals surface area contributed by atoms with Gasteiger partial charge in [0.1, 0.15) is 17.9 Å². The number of halogens is 1. The molecule has 2 rings (SSSR count). The zero-order valence-corrected chi connectivity index (χ0v) is 12.7. The molecule has 7 nitrogen and oxygen atoms in total. The van der Waals surface area contributed by atoms with Crippen LogP contribution >= 0.6 is 11.6 Å². The normalized spacial score (nSPS) is 10.5. The van der Waals surface area contributed by atoms with E-state index in [1.54, 1.807) is 24.3 Å². The van der Waals surface area contributed by atoms with Crippen LogP contribution in [0.1, 0.15) is 5.56 Å². The van der Waals surface area contributed by atoms with Gasteiger partial charge in [0.2, 0.25) is 5.88 Å². The summed E-state index contributed by atoms with van der Waals surface area (Å²) in [5.74, 6) is -0.212. The maximum absolute atomic E-state index is 12.0. The first-order chi connectivity index (χ1) is 10.3. The number of aromatic hydroxyl groups is 1. The van der Waals surface area contributed by atoms with Crippen molar-refractivity contribution in [3.05, 3.63) is 55.7 Å². The molecule has 0 aliphatic heterocycles. The Hall–Kier alpha value is -2.54. The predicted octanol–water partition coefficient (Wildman–Crippen LogP) is 0.890. The van der Waals surface area contributed by atoms with E-state index in [-0.39, 0.29) is 17.9 Å². The second kappa shape index (κ2) is 6.07. The molecule has 0 aliphatic rings. The number of hydrogen-bond donors (Lipinski definition) is 2. The van der Waals surface area contributed by atoms with E-state index < -0.39 is 17.1 Å². The average Bonchev–Trinajstić information content (AvgIpc) is 2.50. The van der Waals surface area contributed by atoms with Gasteiger partial charge in [-0.2, -0.15) is 0 Å². The summed E-state index contributed by atoms with van der Waals surface area (Å²) in [5.41, 5.74) is -1.97. The average molecular weight is 324 g/mol. The van der Waals surface area contributed by atoms with Crippen LogP contribution in [0.25, 0.3) is 0 Å². The summed E-state index contributed by atoms with van der Waals surface area (Å²) in [6.07, 6.45) is 0. The highest BCUT2D eigenvalue weighted by Crippen LogP contribution is 2.23. The molecule has 8 heteroatoms. The van der Waals surface area contributed by atoms with Gasteiger partial charge in [-0.25, -0.2) is 4.79 Å². The second-order valence-electron chi connectivity index (χ2n) is 4.60. The van der Waals surface area contributed by atoms with Gasteiger partial charge >= 0.3 is 5.69 Å². The predicted molar refractivity (Wildman–Crippen MR) is 82.4 cm³/mol. The number of para-hydroxylation sites is 1. The fourth-order valence-corrected chi connectivity index (χ4v) is 2.07. The van der Waals surface area contributed by atoms with Gasteiger partial charge in [-0.3, -0.25) is 13.9 Å². The van der Waals surface area contributed by atoms with E-state index in [9.17, 15) is 14.7 Å². The van der Waals surface area contributed by atoms with Crippen LogP contribution in [0.3, 0.4) is 0 Å². The third-order valence-electron chi connectivity index (χ3n) is 3.14. The highest BCUT2D eigenvalue weighted by molar-refractivity contribution is 6.32. The van der Waals surface area contributed by atoms with Crippen LogP contribution in [0.15, 0.2) is 33.9 Å². The molecule has 22 heavy (non-hydrogen) atoms. The molecule has 2 N–H and O–H groups in total. The van der Waals surface area contributed by atoms with Crippen molar-refractivity contribution in [3.8, 4) is 11.6 Å². The Morgan fingerprint density at radius 1 is 1.27 bits per heavy atom. The lowest BCUT2D eigenvalue weighted by atomic mass is 10.2. The van der Waals surface area contributed by atoms with E-state index in [1.807, 2.05) is 0 Å². The summed E-state index contributed by atoms with van der Waals surface area (Å²) >= 11 is 5.93. The minimum absolute atomic E-state index is 0.256. The molecule has 0 fully saturated rings. The van der Waals surface area contributed by atoms with E-state index in [1.165, 1.54) is 14.1 Å². The van der Waals surface area contributed by atoms with Crippen molar-refractivity contribution in [3.63, 3.8) is 0 Å². The molecular weight excluding hydrogens is 310 g/mol. The Kier molecular flexibility index (Phi) is 4.37. The largest absolute Gasteiger partial charge is 0.494 e. The van der Waals surface area contributed by atoms with E-state index in [0.29, 0.717) is 10.8 Å². The van der Waals surface area contributed by atoms with E-state index in [0.717, 1.165) is 9.13 Å². The van der Waals surface area contributed by atoms with Gasteiger partial charge in [-0.1, -0.05) is 23.7 Å². The van der Waals surface area contributed by atoms with Gasteiger partial charge in [0, 0.05) is 14.1 Å². The highest BCUT2D eigenvalue weighted by Gasteiger charge is 2.19. The Labute approximate surface area is 130 Å². The van der Waals surface area contributed by atoms with Crippen molar-refractivity contribution in [2.24, 2.45) is 14.1 Å². The zero-order valence-electron chi connectivity index (χ0n) is 12.0. The van der Waals surface area contributed by atoms with Gasteiger partial charge in [0.05, 0.1) is 10.7 Å². The summed E-state index contributed by atoms with van der Waals surface area (Å²) in [5, 5.41) is 18.2. The van der Waals surface area contributed by atoms with E-state index in [4.69, 9.17) is 21.7 Å². The first-order valence-corrected chi connectivity index (χ1v) is 6.66. The summed E-state index contributed by atoms with van der Waals surface area (Å²) in [6, 6.07) is 6.69. The van der Waals surface area contributed by atoms with Crippen LogP contribution in [-0.2, 0) is 14.1 Å². The molecule has 1 heterocycles. The SMILES string of the molecule is Cn1c(O)c(C(=N)COc2ccccc2Cl)c(=O)n(C)c1=O. The number of nitrogens with zero attached hydrogens (tertiary/aromatic N) is 2.